The van der Waals surface area contributed by atoms with Gasteiger partial charge in [-0.25, -0.2) is 12.8 Å². The Balaban J connectivity index is 2.12. The SMILES string of the molecule is O=S(=O)(c1ccoc1)N1CCOc2ccc(F)cc21. The molecule has 3 rings (SSSR count). The van der Waals surface area contributed by atoms with Gasteiger partial charge in [0.25, 0.3) is 10.0 Å². The third-order valence-electron chi connectivity index (χ3n) is 2.82. The molecule has 2 heterocycles. The van der Waals surface area contributed by atoms with Gasteiger partial charge in [0.1, 0.15) is 29.3 Å². The van der Waals surface area contributed by atoms with Crippen molar-refractivity contribution in [2.24, 2.45) is 0 Å². The summed E-state index contributed by atoms with van der Waals surface area (Å²) in [7, 11) is -3.76. The Hall–Kier alpha value is -2.02. The van der Waals surface area contributed by atoms with Gasteiger partial charge in [0.15, 0.2) is 0 Å². The van der Waals surface area contributed by atoms with E-state index >= 15 is 0 Å². The second-order valence-electron chi connectivity index (χ2n) is 4.00. The molecule has 0 atom stereocenters. The van der Waals surface area contributed by atoms with Crippen LogP contribution in [0.1, 0.15) is 0 Å². The van der Waals surface area contributed by atoms with Crippen LogP contribution in [0.25, 0.3) is 0 Å². The predicted octanol–water partition coefficient (Wildman–Crippen LogP) is 2.01. The van der Waals surface area contributed by atoms with E-state index in [-0.39, 0.29) is 23.7 Å². The molecule has 0 unspecified atom stereocenters. The van der Waals surface area contributed by atoms with Gasteiger partial charge in [-0.2, -0.15) is 0 Å². The van der Waals surface area contributed by atoms with Gasteiger partial charge in [-0.3, -0.25) is 4.31 Å². The minimum Gasteiger partial charge on any atom is -0.489 e. The van der Waals surface area contributed by atoms with Crippen LogP contribution in [0, 0.1) is 5.82 Å². The molecule has 19 heavy (non-hydrogen) atoms. The number of halogens is 1. The van der Waals surface area contributed by atoms with Crippen LogP contribution in [0.2, 0.25) is 0 Å². The van der Waals surface area contributed by atoms with Crippen molar-refractivity contribution in [2.45, 2.75) is 4.90 Å². The predicted molar refractivity (Wildman–Crippen MR) is 65.1 cm³/mol. The van der Waals surface area contributed by atoms with Crippen molar-refractivity contribution >= 4 is 15.7 Å². The van der Waals surface area contributed by atoms with Crippen molar-refractivity contribution in [2.75, 3.05) is 17.5 Å². The molecule has 0 spiro atoms. The van der Waals surface area contributed by atoms with Crippen molar-refractivity contribution in [1.29, 1.82) is 0 Å². The van der Waals surface area contributed by atoms with E-state index in [0.29, 0.717) is 5.75 Å². The van der Waals surface area contributed by atoms with Crippen molar-refractivity contribution < 1.29 is 22.0 Å². The lowest BCUT2D eigenvalue weighted by Crippen LogP contribution is -2.37. The fraction of sp³-hybridized carbons (Fsp3) is 0.167. The maximum absolute atomic E-state index is 13.3. The molecule has 0 N–H and O–H groups in total. The number of ether oxygens (including phenoxy) is 1. The molecule has 0 fully saturated rings. The van der Waals surface area contributed by atoms with E-state index in [9.17, 15) is 12.8 Å². The summed E-state index contributed by atoms with van der Waals surface area (Å²) in [5.41, 5.74) is 0.201. The quantitative estimate of drug-likeness (QED) is 0.846. The second-order valence-corrected chi connectivity index (χ2v) is 5.86. The van der Waals surface area contributed by atoms with E-state index in [2.05, 4.69) is 0 Å². The van der Waals surface area contributed by atoms with Gasteiger partial charge in [0.2, 0.25) is 0 Å². The molecule has 5 nitrogen and oxygen atoms in total. The van der Waals surface area contributed by atoms with Crippen LogP contribution >= 0.6 is 0 Å². The summed E-state index contributed by atoms with van der Waals surface area (Å²) < 4.78 is 49.4. The van der Waals surface area contributed by atoms with Crippen LogP contribution in [0.3, 0.4) is 0 Å². The van der Waals surface area contributed by atoms with E-state index < -0.39 is 15.8 Å². The summed E-state index contributed by atoms with van der Waals surface area (Å²) in [6.07, 6.45) is 2.42. The Labute approximate surface area is 109 Å². The smallest absolute Gasteiger partial charge is 0.267 e. The Bertz CT molecular complexity index is 697. The molecular formula is C12H10FNO4S. The number of hydrogen-bond acceptors (Lipinski definition) is 4. The maximum atomic E-state index is 13.3. The Morgan fingerprint density at radius 1 is 1.26 bits per heavy atom. The first-order chi connectivity index (χ1) is 9.09. The molecule has 100 valence electrons. The van der Waals surface area contributed by atoms with Gasteiger partial charge in [0, 0.05) is 6.07 Å². The zero-order valence-corrected chi connectivity index (χ0v) is 10.6. The topological polar surface area (TPSA) is 59.8 Å². The van der Waals surface area contributed by atoms with Crippen LogP contribution in [0.4, 0.5) is 10.1 Å². The molecule has 1 aliphatic rings. The summed E-state index contributed by atoms with van der Waals surface area (Å²) in [6.45, 7) is 0.347. The molecule has 1 aromatic carbocycles. The molecule has 0 aliphatic carbocycles. The average molecular weight is 283 g/mol. The standard InChI is InChI=1S/C12H10FNO4S/c13-9-1-2-12-11(7-9)14(4-6-18-12)19(15,16)10-3-5-17-8-10/h1-3,5,7-8H,4,6H2. The average Bonchev–Trinajstić information content (AvgIpc) is 2.92. The summed E-state index contributed by atoms with van der Waals surface area (Å²) in [5.74, 6) is -0.170. The van der Waals surface area contributed by atoms with Crippen molar-refractivity contribution in [3.8, 4) is 5.75 Å². The number of rotatable bonds is 2. The first-order valence-corrected chi connectivity index (χ1v) is 7.00. The van der Waals surface area contributed by atoms with Crippen molar-refractivity contribution in [3.05, 3.63) is 42.6 Å². The molecule has 0 radical (unpaired) electrons. The number of furan rings is 1. The van der Waals surface area contributed by atoms with Gasteiger partial charge in [0.05, 0.1) is 18.5 Å². The summed E-state index contributed by atoms with van der Waals surface area (Å²) in [6, 6.07) is 5.14. The zero-order valence-electron chi connectivity index (χ0n) is 9.74. The number of benzene rings is 1. The number of sulfonamides is 1. The Kier molecular flexibility index (Phi) is 2.70. The number of fused-ring (bicyclic) bond motifs is 1. The van der Waals surface area contributed by atoms with E-state index in [4.69, 9.17) is 9.15 Å². The van der Waals surface area contributed by atoms with Crippen molar-refractivity contribution in [3.63, 3.8) is 0 Å². The highest BCUT2D eigenvalue weighted by molar-refractivity contribution is 7.92. The molecule has 0 bridgehead atoms. The molecule has 0 amide bonds. The highest BCUT2D eigenvalue weighted by Gasteiger charge is 2.31. The third-order valence-corrected chi connectivity index (χ3v) is 4.61. The summed E-state index contributed by atoms with van der Waals surface area (Å²) in [4.78, 5) is 0.0320. The van der Waals surface area contributed by atoms with E-state index in [1.54, 1.807) is 0 Å². The molecule has 0 saturated heterocycles. The minimum absolute atomic E-state index is 0.0320. The van der Waals surface area contributed by atoms with Crippen molar-refractivity contribution in [1.82, 2.24) is 0 Å². The minimum atomic E-state index is -3.76. The lowest BCUT2D eigenvalue weighted by molar-refractivity contribution is 0.315. The molecule has 7 heteroatoms. The van der Waals surface area contributed by atoms with Crippen LogP contribution < -0.4 is 9.04 Å². The largest absolute Gasteiger partial charge is 0.489 e. The lowest BCUT2D eigenvalue weighted by Gasteiger charge is -2.29. The van der Waals surface area contributed by atoms with Gasteiger partial charge >= 0.3 is 0 Å². The van der Waals surface area contributed by atoms with Gasteiger partial charge in [-0.15, -0.1) is 0 Å². The monoisotopic (exact) mass is 283 g/mol. The molecular weight excluding hydrogens is 273 g/mol. The van der Waals surface area contributed by atoms with E-state index in [1.807, 2.05) is 0 Å². The molecule has 2 aromatic rings. The Morgan fingerprint density at radius 3 is 2.84 bits per heavy atom. The van der Waals surface area contributed by atoms with Crippen LogP contribution in [0.5, 0.6) is 5.75 Å². The first-order valence-electron chi connectivity index (χ1n) is 5.56. The fourth-order valence-corrected chi connectivity index (χ4v) is 3.32. The number of hydrogen-bond donors (Lipinski definition) is 0. The lowest BCUT2D eigenvalue weighted by atomic mass is 10.2. The highest BCUT2D eigenvalue weighted by Crippen LogP contribution is 2.35. The maximum Gasteiger partial charge on any atom is 0.267 e. The second kappa shape index (κ2) is 4.27. The molecule has 0 saturated carbocycles. The van der Waals surface area contributed by atoms with Crippen LogP contribution in [-0.2, 0) is 10.0 Å². The number of nitrogens with zero attached hydrogens (tertiary/aromatic N) is 1. The van der Waals surface area contributed by atoms with Gasteiger partial charge in [-0.1, -0.05) is 0 Å². The Morgan fingerprint density at radius 2 is 2.11 bits per heavy atom. The van der Waals surface area contributed by atoms with Crippen LogP contribution in [0.15, 0.2) is 46.1 Å². The first kappa shape index (κ1) is 12.0. The van der Waals surface area contributed by atoms with E-state index in [1.165, 1.54) is 24.5 Å². The normalized spacial score (nSPS) is 14.9. The van der Waals surface area contributed by atoms with Gasteiger partial charge in [-0.05, 0) is 18.2 Å². The molecule has 1 aromatic heterocycles. The van der Waals surface area contributed by atoms with E-state index in [0.717, 1.165) is 16.6 Å². The summed E-state index contributed by atoms with van der Waals surface area (Å²) in [5, 5.41) is 0. The fourth-order valence-electron chi connectivity index (χ4n) is 1.94. The number of anilines is 1. The highest BCUT2D eigenvalue weighted by atomic mass is 32.2. The van der Waals surface area contributed by atoms with Gasteiger partial charge < -0.3 is 9.15 Å². The third kappa shape index (κ3) is 1.95. The summed E-state index contributed by atoms with van der Waals surface area (Å²) >= 11 is 0. The van der Waals surface area contributed by atoms with Crippen LogP contribution in [-0.4, -0.2) is 21.6 Å². The molecule has 1 aliphatic heterocycles. The zero-order chi connectivity index (χ0) is 13.5.